The quantitative estimate of drug-likeness (QED) is 0.173. The average Bonchev–Trinajstić information content (AvgIpc) is 3.53. The second-order valence-electron chi connectivity index (χ2n) is 8.46. The maximum Gasteiger partial charge on any atom is 0.250 e. The van der Waals surface area contributed by atoms with Crippen molar-refractivity contribution in [2.75, 3.05) is 5.32 Å². The minimum atomic E-state index is -0.367. The van der Waals surface area contributed by atoms with Crippen molar-refractivity contribution in [2.45, 2.75) is 13.8 Å². The summed E-state index contributed by atoms with van der Waals surface area (Å²) in [6.45, 7) is 3.92. The second-order valence-corrected chi connectivity index (χ2v) is 10.3. The van der Waals surface area contributed by atoms with Crippen LogP contribution in [0.15, 0.2) is 83.3 Å². The number of furan rings is 1. The molecule has 0 bridgehead atoms. The average molecular weight is 544 g/mol. The van der Waals surface area contributed by atoms with E-state index in [-0.39, 0.29) is 11.0 Å². The predicted octanol–water partition coefficient (Wildman–Crippen LogP) is 8.02. The number of amides is 1. The van der Waals surface area contributed by atoms with Crippen LogP contribution >= 0.6 is 35.2 Å². The van der Waals surface area contributed by atoms with Crippen LogP contribution in [0.2, 0.25) is 5.02 Å². The number of nitrogens with zero attached hydrogens (tertiary/aromatic N) is 1. The third-order valence-electron chi connectivity index (χ3n) is 5.75. The van der Waals surface area contributed by atoms with Crippen LogP contribution in [-0.4, -0.2) is 16.0 Å². The molecule has 0 saturated carbocycles. The highest BCUT2D eigenvalue weighted by atomic mass is 35.5. The largest absolute Gasteiger partial charge is 0.457 e. The highest BCUT2D eigenvalue weighted by Gasteiger charge is 2.10. The number of anilines is 1. The van der Waals surface area contributed by atoms with Crippen LogP contribution in [0.25, 0.3) is 38.2 Å². The van der Waals surface area contributed by atoms with Crippen molar-refractivity contribution in [2.24, 2.45) is 0 Å². The number of aromatic nitrogens is 1. The van der Waals surface area contributed by atoms with Gasteiger partial charge in [-0.05, 0) is 79.7 Å². The van der Waals surface area contributed by atoms with Crippen LogP contribution in [0.3, 0.4) is 0 Å². The molecule has 37 heavy (non-hydrogen) atoms. The van der Waals surface area contributed by atoms with Crippen LogP contribution < -0.4 is 10.6 Å². The lowest BCUT2D eigenvalue weighted by molar-refractivity contribution is -0.115. The summed E-state index contributed by atoms with van der Waals surface area (Å²) in [5.41, 5.74) is 5.62. The summed E-state index contributed by atoms with van der Waals surface area (Å²) < 4.78 is 6.96. The second kappa shape index (κ2) is 10.7. The molecule has 0 fully saturated rings. The van der Waals surface area contributed by atoms with Gasteiger partial charge in [-0.3, -0.25) is 10.1 Å². The molecule has 3 aromatic carbocycles. The fourth-order valence-corrected chi connectivity index (χ4v) is 5.05. The predicted molar refractivity (Wildman–Crippen MR) is 157 cm³/mol. The molecule has 0 saturated heterocycles. The number of halogens is 1. The van der Waals surface area contributed by atoms with Gasteiger partial charge in [0.1, 0.15) is 16.5 Å². The number of fused-ring (bicyclic) bond motifs is 1. The van der Waals surface area contributed by atoms with E-state index in [0.717, 1.165) is 43.2 Å². The van der Waals surface area contributed by atoms with Gasteiger partial charge in [0.05, 0.1) is 10.2 Å². The van der Waals surface area contributed by atoms with Crippen molar-refractivity contribution in [1.82, 2.24) is 10.3 Å². The maximum atomic E-state index is 12.5. The first-order valence-electron chi connectivity index (χ1n) is 11.5. The van der Waals surface area contributed by atoms with E-state index in [4.69, 9.17) is 33.2 Å². The molecule has 0 aliphatic carbocycles. The zero-order chi connectivity index (χ0) is 25.9. The Balaban J connectivity index is 1.23. The Morgan fingerprint density at radius 1 is 1.00 bits per heavy atom. The molecular weight excluding hydrogens is 522 g/mol. The molecule has 184 valence electrons. The van der Waals surface area contributed by atoms with Crippen molar-refractivity contribution in [3.05, 3.63) is 101 Å². The Kier molecular flexibility index (Phi) is 7.19. The lowest BCUT2D eigenvalue weighted by atomic mass is 10.1. The first kappa shape index (κ1) is 24.9. The number of aryl methyl sites for hydroxylation is 2. The summed E-state index contributed by atoms with van der Waals surface area (Å²) >= 11 is 13.2. The molecule has 8 heteroatoms. The molecular formula is C29H22ClN3O2S2. The molecule has 0 unspecified atom stereocenters. The Morgan fingerprint density at radius 2 is 1.78 bits per heavy atom. The third kappa shape index (κ3) is 5.80. The summed E-state index contributed by atoms with van der Waals surface area (Å²) in [5.74, 6) is 0.844. The lowest BCUT2D eigenvalue weighted by Gasteiger charge is -2.12. The zero-order valence-corrected chi connectivity index (χ0v) is 22.4. The fourth-order valence-electron chi connectivity index (χ4n) is 3.69. The molecule has 0 aliphatic heterocycles. The van der Waals surface area contributed by atoms with Gasteiger partial charge in [0, 0.05) is 27.9 Å². The van der Waals surface area contributed by atoms with E-state index in [0.29, 0.717) is 16.5 Å². The first-order chi connectivity index (χ1) is 17.9. The van der Waals surface area contributed by atoms with Crippen LogP contribution in [0, 0.1) is 13.8 Å². The van der Waals surface area contributed by atoms with E-state index >= 15 is 0 Å². The maximum absolute atomic E-state index is 12.5. The fraction of sp³-hybridized carbons (Fsp3) is 0.0690. The van der Waals surface area contributed by atoms with Gasteiger partial charge in [0.25, 0.3) is 0 Å². The van der Waals surface area contributed by atoms with Crippen molar-refractivity contribution in [3.8, 4) is 21.9 Å². The summed E-state index contributed by atoms with van der Waals surface area (Å²) in [5, 5.41) is 7.61. The standard InChI is InChI=1S/C29H22ClN3O2S2/c1-17-7-9-19(15-22(17)30)25-13-11-21(35-25)12-14-27(34)33-29(36)32-24-16-20(10-8-18(24)2)28-31-23-5-3-4-6-26(23)37-28/h3-16H,1-2H3,(H2,32,33,34,36)/b14-12+. The number of para-hydroxylation sites is 1. The van der Waals surface area contributed by atoms with Crippen molar-refractivity contribution < 1.29 is 9.21 Å². The number of thiocarbonyl (C=S) groups is 1. The molecule has 5 aromatic rings. The first-order valence-corrected chi connectivity index (χ1v) is 13.1. The number of carbonyl (C=O) groups excluding carboxylic acids is 1. The minimum Gasteiger partial charge on any atom is -0.457 e. The van der Waals surface area contributed by atoms with Gasteiger partial charge in [-0.25, -0.2) is 4.98 Å². The Morgan fingerprint density at radius 3 is 2.59 bits per heavy atom. The number of rotatable bonds is 5. The number of thiazole rings is 1. The molecule has 2 heterocycles. The number of hydrogen-bond donors (Lipinski definition) is 2. The molecule has 2 aromatic heterocycles. The summed E-state index contributed by atoms with van der Waals surface area (Å²) in [7, 11) is 0. The number of benzene rings is 3. The lowest BCUT2D eigenvalue weighted by Crippen LogP contribution is -2.33. The molecule has 5 nitrogen and oxygen atoms in total. The van der Waals surface area contributed by atoms with E-state index in [1.54, 1.807) is 23.5 Å². The normalized spacial score (nSPS) is 11.2. The summed E-state index contributed by atoms with van der Waals surface area (Å²) in [6.07, 6.45) is 2.97. The van der Waals surface area contributed by atoms with Crippen LogP contribution in [0.4, 0.5) is 5.69 Å². The number of hydrogen-bond acceptors (Lipinski definition) is 5. The van der Waals surface area contributed by atoms with E-state index < -0.39 is 0 Å². The van der Waals surface area contributed by atoms with Gasteiger partial charge in [-0.15, -0.1) is 11.3 Å². The Hall–Kier alpha value is -3.78. The Bertz CT molecular complexity index is 1640. The van der Waals surface area contributed by atoms with Crippen LogP contribution in [0.5, 0.6) is 0 Å². The smallest absolute Gasteiger partial charge is 0.250 e. The third-order valence-corrected chi connectivity index (χ3v) is 7.44. The van der Waals surface area contributed by atoms with E-state index in [1.165, 1.54) is 6.08 Å². The minimum absolute atomic E-state index is 0.202. The van der Waals surface area contributed by atoms with Gasteiger partial charge in [-0.1, -0.05) is 48.0 Å². The van der Waals surface area contributed by atoms with Crippen molar-refractivity contribution >= 4 is 68.2 Å². The van der Waals surface area contributed by atoms with Crippen LogP contribution in [0.1, 0.15) is 16.9 Å². The molecule has 5 rings (SSSR count). The van der Waals surface area contributed by atoms with Gasteiger partial charge >= 0.3 is 0 Å². The molecule has 0 aliphatic rings. The topological polar surface area (TPSA) is 67.2 Å². The Labute approximate surface area is 228 Å². The number of carbonyl (C=O) groups is 1. The van der Waals surface area contributed by atoms with Crippen LogP contribution in [-0.2, 0) is 4.79 Å². The highest BCUT2D eigenvalue weighted by Crippen LogP contribution is 2.32. The molecule has 0 atom stereocenters. The van der Waals surface area contributed by atoms with E-state index in [1.807, 2.05) is 74.5 Å². The van der Waals surface area contributed by atoms with Crippen molar-refractivity contribution in [1.29, 1.82) is 0 Å². The molecule has 2 N–H and O–H groups in total. The van der Waals surface area contributed by atoms with E-state index in [9.17, 15) is 4.79 Å². The molecule has 1 amide bonds. The number of nitrogens with one attached hydrogen (secondary N) is 2. The van der Waals surface area contributed by atoms with Gasteiger partial charge < -0.3 is 9.73 Å². The zero-order valence-electron chi connectivity index (χ0n) is 20.0. The van der Waals surface area contributed by atoms with Crippen molar-refractivity contribution in [3.63, 3.8) is 0 Å². The highest BCUT2D eigenvalue weighted by molar-refractivity contribution is 7.80. The molecule has 0 spiro atoms. The molecule has 0 radical (unpaired) electrons. The summed E-state index contributed by atoms with van der Waals surface area (Å²) in [6, 6.07) is 23.4. The van der Waals surface area contributed by atoms with Gasteiger partial charge in [-0.2, -0.15) is 0 Å². The summed E-state index contributed by atoms with van der Waals surface area (Å²) in [4.78, 5) is 17.2. The SMILES string of the molecule is Cc1ccc(-c2ccc(/C=C/C(=O)NC(=S)Nc3cc(-c4nc5ccccc5s4)ccc3C)o2)cc1Cl. The van der Waals surface area contributed by atoms with Gasteiger partial charge in [0.2, 0.25) is 5.91 Å². The van der Waals surface area contributed by atoms with Gasteiger partial charge in [0.15, 0.2) is 5.11 Å². The monoisotopic (exact) mass is 543 g/mol. The van der Waals surface area contributed by atoms with E-state index in [2.05, 4.69) is 16.7 Å².